The molecule has 1 aromatic rings. The monoisotopic (exact) mass is 403 g/mol. The van der Waals surface area contributed by atoms with Crippen LogP contribution >= 0.6 is 0 Å². The van der Waals surface area contributed by atoms with Crippen molar-refractivity contribution in [2.45, 2.75) is 38.3 Å². The van der Waals surface area contributed by atoms with E-state index in [0.29, 0.717) is 18.9 Å². The molecule has 2 aliphatic heterocycles. The largest absolute Gasteiger partial charge is 0.493 e. The Kier molecular flexibility index (Phi) is 7.29. The van der Waals surface area contributed by atoms with E-state index in [1.807, 2.05) is 6.07 Å². The number of nitrogens with zero attached hydrogens (tertiary/aromatic N) is 2. The Morgan fingerprint density at radius 1 is 1.07 bits per heavy atom. The molecule has 162 valence electrons. The first kappa shape index (κ1) is 20.9. The molecule has 2 N–H and O–H groups in total. The number of benzene rings is 1. The molecule has 0 aromatic heterocycles. The maximum atomic E-state index is 10.5. The van der Waals surface area contributed by atoms with Gasteiger partial charge in [-0.2, -0.15) is 0 Å². The van der Waals surface area contributed by atoms with Gasteiger partial charge in [-0.15, -0.1) is 0 Å². The lowest BCUT2D eigenvalue weighted by atomic mass is 10.0. The maximum Gasteiger partial charge on any atom is 0.161 e. The minimum Gasteiger partial charge on any atom is -0.493 e. The van der Waals surface area contributed by atoms with Crippen LogP contribution in [0.25, 0.3) is 0 Å². The van der Waals surface area contributed by atoms with Crippen molar-refractivity contribution >= 4 is 0 Å². The Bertz CT molecular complexity index is 636. The molecule has 0 amide bonds. The summed E-state index contributed by atoms with van der Waals surface area (Å²) in [5.74, 6) is 3.18. The summed E-state index contributed by atoms with van der Waals surface area (Å²) in [7, 11) is 1.68. The van der Waals surface area contributed by atoms with E-state index < -0.39 is 6.10 Å². The van der Waals surface area contributed by atoms with E-state index in [1.54, 1.807) is 7.11 Å². The highest BCUT2D eigenvalue weighted by molar-refractivity contribution is 5.43. The second kappa shape index (κ2) is 10.1. The first-order valence-corrected chi connectivity index (χ1v) is 11.3. The zero-order valence-electron chi connectivity index (χ0n) is 17.8. The third-order valence-electron chi connectivity index (χ3n) is 6.77. The van der Waals surface area contributed by atoms with Crippen molar-refractivity contribution in [3.63, 3.8) is 0 Å². The molecule has 2 heterocycles. The second-order valence-corrected chi connectivity index (χ2v) is 9.00. The molecule has 29 heavy (non-hydrogen) atoms. The number of aliphatic hydroxyl groups is 1. The zero-order chi connectivity index (χ0) is 20.1. The lowest BCUT2D eigenvalue weighted by Gasteiger charge is -2.22. The Labute approximate surface area is 175 Å². The van der Waals surface area contributed by atoms with Gasteiger partial charge < -0.3 is 24.8 Å². The number of fused-ring (bicyclic) bond motifs is 1. The van der Waals surface area contributed by atoms with Crippen LogP contribution in [0.4, 0.5) is 0 Å². The average molecular weight is 404 g/mol. The summed E-state index contributed by atoms with van der Waals surface area (Å²) in [6.07, 6.45) is 4.84. The molecule has 0 bridgehead atoms. The van der Waals surface area contributed by atoms with Gasteiger partial charge in [0.15, 0.2) is 11.5 Å². The number of ether oxygens (including phenoxy) is 2. The number of aliphatic hydroxyl groups excluding tert-OH is 1. The number of hydrogen-bond acceptors (Lipinski definition) is 6. The molecule has 1 aromatic carbocycles. The van der Waals surface area contributed by atoms with Crippen LogP contribution in [0.5, 0.6) is 11.5 Å². The normalized spacial score (nSPS) is 26.8. The van der Waals surface area contributed by atoms with Crippen LogP contribution in [0.15, 0.2) is 18.2 Å². The van der Waals surface area contributed by atoms with Gasteiger partial charge in [0, 0.05) is 39.3 Å². The summed E-state index contributed by atoms with van der Waals surface area (Å²) in [5.41, 5.74) is 1.24. The fourth-order valence-corrected chi connectivity index (χ4v) is 5.27. The molecule has 4 rings (SSSR count). The van der Waals surface area contributed by atoms with E-state index in [0.717, 1.165) is 63.4 Å². The second-order valence-electron chi connectivity index (χ2n) is 9.00. The van der Waals surface area contributed by atoms with Crippen LogP contribution in [0, 0.1) is 11.8 Å². The van der Waals surface area contributed by atoms with Crippen LogP contribution in [-0.4, -0.2) is 80.5 Å². The van der Waals surface area contributed by atoms with Crippen LogP contribution in [-0.2, 0) is 6.54 Å². The minimum atomic E-state index is -0.470. The third kappa shape index (κ3) is 5.63. The van der Waals surface area contributed by atoms with Crippen molar-refractivity contribution in [1.29, 1.82) is 0 Å². The van der Waals surface area contributed by atoms with Crippen molar-refractivity contribution in [2.24, 2.45) is 11.8 Å². The van der Waals surface area contributed by atoms with Gasteiger partial charge in [0.1, 0.15) is 12.7 Å². The Balaban J connectivity index is 1.26. The first-order valence-electron chi connectivity index (χ1n) is 11.3. The van der Waals surface area contributed by atoms with Crippen molar-refractivity contribution in [1.82, 2.24) is 15.1 Å². The molecule has 1 unspecified atom stereocenters. The van der Waals surface area contributed by atoms with Crippen LogP contribution in [0.3, 0.4) is 0 Å². The Hall–Kier alpha value is -1.34. The number of hydrogen-bond donors (Lipinski definition) is 2. The number of methoxy groups -OCH3 is 1. The van der Waals surface area contributed by atoms with Gasteiger partial charge in [0.25, 0.3) is 0 Å². The van der Waals surface area contributed by atoms with Gasteiger partial charge >= 0.3 is 0 Å². The highest BCUT2D eigenvalue weighted by Gasteiger charge is 2.36. The van der Waals surface area contributed by atoms with Crippen molar-refractivity contribution in [2.75, 3.05) is 59.5 Å². The van der Waals surface area contributed by atoms with E-state index >= 15 is 0 Å². The summed E-state index contributed by atoms with van der Waals surface area (Å²) < 4.78 is 11.5. The Morgan fingerprint density at radius 3 is 2.69 bits per heavy atom. The topological polar surface area (TPSA) is 57.2 Å². The van der Waals surface area contributed by atoms with Gasteiger partial charge in [0.2, 0.25) is 0 Å². The van der Waals surface area contributed by atoms with Gasteiger partial charge in [-0.25, -0.2) is 0 Å². The molecule has 3 aliphatic rings. The molecule has 0 spiro atoms. The lowest BCUT2D eigenvalue weighted by molar-refractivity contribution is 0.0723. The molecule has 6 heteroatoms. The smallest absolute Gasteiger partial charge is 0.161 e. The zero-order valence-corrected chi connectivity index (χ0v) is 17.8. The highest BCUT2D eigenvalue weighted by Crippen LogP contribution is 2.37. The van der Waals surface area contributed by atoms with Crippen molar-refractivity contribution in [3.8, 4) is 11.5 Å². The van der Waals surface area contributed by atoms with Crippen LogP contribution < -0.4 is 14.8 Å². The summed E-state index contributed by atoms with van der Waals surface area (Å²) in [4.78, 5) is 4.89. The van der Waals surface area contributed by atoms with E-state index in [2.05, 4.69) is 27.2 Å². The molecular weight excluding hydrogens is 366 g/mol. The number of rotatable bonds is 8. The molecule has 6 nitrogen and oxygen atoms in total. The van der Waals surface area contributed by atoms with E-state index in [1.165, 1.54) is 31.2 Å². The predicted molar refractivity (Wildman–Crippen MR) is 115 cm³/mol. The van der Waals surface area contributed by atoms with Crippen molar-refractivity contribution in [3.05, 3.63) is 23.8 Å². The maximum absolute atomic E-state index is 10.5. The number of nitrogens with one attached hydrogen (secondary N) is 1. The summed E-state index contributed by atoms with van der Waals surface area (Å²) in [6.45, 7) is 8.58. The van der Waals surface area contributed by atoms with Crippen LogP contribution in [0.2, 0.25) is 0 Å². The molecule has 1 saturated carbocycles. The minimum absolute atomic E-state index is 0.305. The van der Waals surface area contributed by atoms with Crippen LogP contribution in [0.1, 0.15) is 31.2 Å². The van der Waals surface area contributed by atoms with E-state index in [9.17, 15) is 5.11 Å². The standard InChI is InChI=1S/C23H37N3O3/c1-28-23-12-18(13-25-10-3-8-24-9-11-25)6-7-22(23)29-17-21(27)16-26-14-19-4-2-5-20(19)15-26/h6-7,12,19-21,24,27H,2-5,8-11,13-17H2,1H3/t19-,20+,21?. The lowest BCUT2D eigenvalue weighted by Crippen LogP contribution is -2.34. The summed E-state index contributed by atoms with van der Waals surface area (Å²) >= 11 is 0. The molecule has 0 radical (unpaired) electrons. The Morgan fingerprint density at radius 2 is 1.90 bits per heavy atom. The molecule has 1 aliphatic carbocycles. The van der Waals surface area contributed by atoms with Gasteiger partial charge in [-0.05, 0) is 61.9 Å². The summed E-state index contributed by atoms with van der Waals surface area (Å²) in [5, 5.41) is 13.9. The van der Waals surface area contributed by atoms with Gasteiger partial charge in [0.05, 0.1) is 7.11 Å². The molecule has 2 saturated heterocycles. The predicted octanol–water partition coefficient (Wildman–Crippen LogP) is 1.96. The number of likely N-dealkylation sites (tertiary alicyclic amines) is 1. The quantitative estimate of drug-likeness (QED) is 0.692. The SMILES string of the molecule is COc1cc(CN2CCCNCC2)ccc1OCC(O)CN1C[C@H]2CCC[C@H]2C1. The van der Waals surface area contributed by atoms with Gasteiger partial charge in [-0.1, -0.05) is 12.5 Å². The molecular formula is C23H37N3O3. The van der Waals surface area contributed by atoms with E-state index in [4.69, 9.17) is 9.47 Å². The molecule has 3 fully saturated rings. The van der Waals surface area contributed by atoms with E-state index in [-0.39, 0.29) is 0 Å². The van der Waals surface area contributed by atoms with Crippen molar-refractivity contribution < 1.29 is 14.6 Å². The average Bonchev–Trinajstić information content (AvgIpc) is 3.20. The fraction of sp³-hybridized carbons (Fsp3) is 0.739. The first-order chi connectivity index (χ1) is 14.2. The van der Waals surface area contributed by atoms with Gasteiger partial charge in [-0.3, -0.25) is 4.90 Å². The fourth-order valence-electron chi connectivity index (χ4n) is 5.27. The highest BCUT2D eigenvalue weighted by atomic mass is 16.5. The third-order valence-corrected chi connectivity index (χ3v) is 6.77. The molecule has 3 atom stereocenters. The summed E-state index contributed by atoms with van der Waals surface area (Å²) in [6, 6.07) is 6.17. The number of β-amino-alcohol motifs (C(OH)–C–C–N with tert-alkyl or cyclic N) is 1.